The minimum Gasteiger partial charge on any atom is -0.380 e. The smallest absolute Gasteiger partial charge is 0.261 e. The van der Waals surface area contributed by atoms with Gasteiger partial charge >= 0.3 is 0 Å². The zero-order chi connectivity index (χ0) is 13.9. The number of nitrogens with one attached hydrogen (secondary N) is 2. The molecule has 1 aliphatic rings. The lowest BCUT2D eigenvalue weighted by atomic mass is 9.89. The van der Waals surface area contributed by atoms with E-state index in [2.05, 4.69) is 17.6 Å². The van der Waals surface area contributed by atoms with Crippen LogP contribution in [0.15, 0.2) is 17.5 Å². The second-order valence-electron chi connectivity index (χ2n) is 5.19. The number of ether oxygens (including phenoxy) is 1. The van der Waals surface area contributed by atoms with Gasteiger partial charge in [-0.1, -0.05) is 13.0 Å². The summed E-state index contributed by atoms with van der Waals surface area (Å²) < 4.78 is 5.12. The van der Waals surface area contributed by atoms with Crippen LogP contribution < -0.4 is 10.6 Å². The number of hydrogen-bond acceptors (Lipinski definition) is 4. The van der Waals surface area contributed by atoms with Crippen molar-refractivity contribution in [3.05, 3.63) is 22.4 Å². The van der Waals surface area contributed by atoms with Crippen molar-refractivity contribution in [2.24, 2.45) is 5.41 Å². The predicted molar refractivity (Wildman–Crippen MR) is 73.2 cm³/mol. The fourth-order valence-electron chi connectivity index (χ4n) is 1.75. The van der Waals surface area contributed by atoms with E-state index in [0.29, 0.717) is 24.6 Å². The van der Waals surface area contributed by atoms with Gasteiger partial charge in [-0.15, -0.1) is 11.3 Å². The first kappa shape index (κ1) is 14.0. The molecule has 0 saturated carbocycles. The molecule has 2 heterocycles. The molecule has 1 aliphatic heterocycles. The third-order valence-electron chi connectivity index (χ3n) is 3.08. The summed E-state index contributed by atoms with van der Waals surface area (Å²) in [6.07, 6.45) is 0. The van der Waals surface area contributed by atoms with Gasteiger partial charge in [0.25, 0.3) is 5.91 Å². The van der Waals surface area contributed by atoms with Gasteiger partial charge in [0.2, 0.25) is 5.91 Å². The van der Waals surface area contributed by atoms with Crippen LogP contribution in [-0.2, 0) is 9.53 Å². The highest BCUT2D eigenvalue weighted by Gasteiger charge is 2.34. The van der Waals surface area contributed by atoms with Crippen LogP contribution in [0.2, 0.25) is 0 Å². The minimum atomic E-state index is -0.542. The van der Waals surface area contributed by atoms with E-state index in [1.807, 2.05) is 11.4 Å². The molecule has 104 valence electrons. The van der Waals surface area contributed by atoms with E-state index >= 15 is 0 Å². The number of hydrogen-bond donors (Lipinski definition) is 2. The molecule has 1 aromatic heterocycles. The summed E-state index contributed by atoms with van der Waals surface area (Å²) in [6, 6.07) is 3.00. The highest BCUT2D eigenvalue weighted by molar-refractivity contribution is 7.12. The van der Waals surface area contributed by atoms with Gasteiger partial charge in [-0.25, -0.2) is 0 Å². The van der Waals surface area contributed by atoms with Gasteiger partial charge in [-0.3, -0.25) is 9.59 Å². The highest BCUT2D eigenvalue weighted by Crippen LogP contribution is 2.24. The van der Waals surface area contributed by atoms with Crippen molar-refractivity contribution < 1.29 is 14.3 Å². The Morgan fingerprint density at radius 3 is 2.79 bits per heavy atom. The second kappa shape index (κ2) is 5.71. The lowest BCUT2D eigenvalue weighted by Crippen LogP contribution is -2.52. The lowest BCUT2D eigenvalue weighted by Gasteiger charge is -2.38. The predicted octanol–water partition coefficient (Wildman–Crippen LogP) is 1.02. The number of carbonyl (C=O) groups is 2. The zero-order valence-corrected chi connectivity index (χ0v) is 11.9. The normalized spacial score (nSPS) is 18.2. The molecule has 1 fully saturated rings. The van der Waals surface area contributed by atoms with Gasteiger partial charge in [0.1, 0.15) is 6.04 Å². The molecule has 6 heteroatoms. The van der Waals surface area contributed by atoms with E-state index in [1.165, 1.54) is 11.3 Å². The van der Waals surface area contributed by atoms with Gasteiger partial charge in [-0.05, 0) is 18.4 Å². The van der Waals surface area contributed by atoms with Crippen LogP contribution in [0.3, 0.4) is 0 Å². The van der Waals surface area contributed by atoms with Crippen LogP contribution in [0.4, 0.5) is 0 Å². The highest BCUT2D eigenvalue weighted by atomic mass is 32.1. The van der Waals surface area contributed by atoms with Crippen molar-refractivity contribution in [2.45, 2.75) is 19.9 Å². The molecule has 1 atom stereocenters. The molecule has 2 N–H and O–H groups in total. The van der Waals surface area contributed by atoms with Crippen molar-refractivity contribution in [1.82, 2.24) is 10.6 Å². The quantitative estimate of drug-likeness (QED) is 0.847. The molecule has 5 nitrogen and oxygen atoms in total. The first-order valence-corrected chi connectivity index (χ1v) is 7.08. The Balaban J connectivity index is 1.77. The van der Waals surface area contributed by atoms with Crippen molar-refractivity contribution in [1.29, 1.82) is 0 Å². The average molecular weight is 282 g/mol. The van der Waals surface area contributed by atoms with E-state index in [1.54, 1.807) is 13.0 Å². The molecule has 2 rings (SSSR count). The molecule has 0 aromatic carbocycles. The average Bonchev–Trinajstić information content (AvgIpc) is 2.87. The monoisotopic (exact) mass is 282 g/mol. The first-order valence-electron chi connectivity index (χ1n) is 6.20. The zero-order valence-electron chi connectivity index (χ0n) is 11.1. The Labute approximate surface area is 116 Å². The van der Waals surface area contributed by atoms with Crippen LogP contribution in [-0.4, -0.2) is 37.6 Å². The number of carbonyl (C=O) groups excluding carboxylic acids is 2. The largest absolute Gasteiger partial charge is 0.380 e. The van der Waals surface area contributed by atoms with Crippen molar-refractivity contribution >= 4 is 23.2 Å². The molecule has 0 radical (unpaired) electrons. The molecule has 0 bridgehead atoms. The summed E-state index contributed by atoms with van der Waals surface area (Å²) in [7, 11) is 0. The van der Waals surface area contributed by atoms with Crippen molar-refractivity contribution in [2.75, 3.05) is 19.8 Å². The topological polar surface area (TPSA) is 67.4 Å². The molecule has 19 heavy (non-hydrogen) atoms. The lowest BCUT2D eigenvalue weighted by molar-refractivity contribution is -0.128. The van der Waals surface area contributed by atoms with E-state index < -0.39 is 6.04 Å². The van der Waals surface area contributed by atoms with Crippen molar-refractivity contribution in [3.63, 3.8) is 0 Å². The minimum absolute atomic E-state index is 0.0349. The Kier molecular flexibility index (Phi) is 4.21. The van der Waals surface area contributed by atoms with E-state index in [-0.39, 0.29) is 17.2 Å². The van der Waals surface area contributed by atoms with Crippen molar-refractivity contribution in [3.8, 4) is 0 Å². The van der Waals surface area contributed by atoms with Gasteiger partial charge < -0.3 is 15.4 Å². The van der Waals surface area contributed by atoms with Crippen LogP contribution in [0.1, 0.15) is 23.5 Å². The SMILES string of the molecule is CC(NC(=O)c1cccs1)C(=O)NCC1(C)COC1. The Hall–Kier alpha value is -1.40. The summed E-state index contributed by atoms with van der Waals surface area (Å²) >= 11 is 1.35. The van der Waals surface area contributed by atoms with Crippen LogP contribution in [0, 0.1) is 5.41 Å². The molecule has 1 aromatic rings. The second-order valence-corrected chi connectivity index (χ2v) is 6.14. The summed E-state index contributed by atoms with van der Waals surface area (Å²) in [5.74, 6) is -0.381. The Bertz CT molecular complexity index is 454. The fraction of sp³-hybridized carbons (Fsp3) is 0.538. The molecule has 0 aliphatic carbocycles. The summed E-state index contributed by atoms with van der Waals surface area (Å²) in [5, 5.41) is 7.36. The van der Waals surface area contributed by atoms with E-state index in [9.17, 15) is 9.59 Å². The summed E-state index contributed by atoms with van der Waals surface area (Å²) in [6.45, 7) is 5.66. The van der Waals surface area contributed by atoms with Crippen LogP contribution in [0.5, 0.6) is 0 Å². The third kappa shape index (κ3) is 3.54. The fourth-order valence-corrected chi connectivity index (χ4v) is 2.37. The Morgan fingerprint density at radius 2 is 2.26 bits per heavy atom. The summed E-state index contributed by atoms with van der Waals surface area (Å²) in [4.78, 5) is 24.3. The van der Waals surface area contributed by atoms with E-state index in [0.717, 1.165) is 0 Å². The molecule has 2 amide bonds. The maximum atomic E-state index is 11.9. The van der Waals surface area contributed by atoms with Gasteiger partial charge in [-0.2, -0.15) is 0 Å². The first-order chi connectivity index (χ1) is 9.00. The maximum Gasteiger partial charge on any atom is 0.261 e. The van der Waals surface area contributed by atoms with Gasteiger partial charge in [0.15, 0.2) is 0 Å². The van der Waals surface area contributed by atoms with Gasteiger partial charge in [0.05, 0.1) is 18.1 Å². The number of rotatable bonds is 5. The molecule has 1 saturated heterocycles. The standard InChI is InChI=1S/C13H18N2O3S/c1-9(15-12(17)10-4-3-5-19-10)11(16)14-6-13(2)7-18-8-13/h3-5,9H,6-8H2,1-2H3,(H,14,16)(H,15,17). The maximum absolute atomic E-state index is 11.9. The molecule has 0 spiro atoms. The number of amides is 2. The van der Waals surface area contributed by atoms with E-state index in [4.69, 9.17) is 4.74 Å². The number of thiophene rings is 1. The van der Waals surface area contributed by atoms with Gasteiger partial charge in [0, 0.05) is 12.0 Å². The molecular weight excluding hydrogens is 264 g/mol. The molecule has 1 unspecified atom stereocenters. The third-order valence-corrected chi connectivity index (χ3v) is 3.94. The molecular formula is C13H18N2O3S. The Morgan fingerprint density at radius 1 is 1.53 bits per heavy atom. The summed E-state index contributed by atoms with van der Waals surface area (Å²) in [5.41, 5.74) is 0.0349. The van der Waals surface area contributed by atoms with Crippen LogP contribution >= 0.6 is 11.3 Å². The van der Waals surface area contributed by atoms with Crippen LogP contribution in [0.25, 0.3) is 0 Å².